The van der Waals surface area contributed by atoms with Crippen LogP contribution in [0.2, 0.25) is 0 Å². The van der Waals surface area contributed by atoms with Crippen molar-refractivity contribution in [1.29, 1.82) is 0 Å². The van der Waals surface area contributed by atoms with Gasteiger partial charge in [-0.05, 0) is 25.1 Å². The number of aliphatic hydroxyl groups is 1. The van der Waals surface area contributed by atoms with Crippen molar-refractivity contribution in [2.45, 2.75) is 28.5 Å². The molecule has 14 heteroatoms. The first-order chi connectivity index (χ1) is 13.2. The number of sulfone groups is 1. The number of hydrogen-bond donors (Lipinski definition) is 3. The summed E-state index contributed by atoms with van der Waals surface area (Å²) in [6.45, 7) is 1.12. The molecule has 8 nitrogen and oxygen atoms in total. The van der Waals surface area contributed by atoms with E-state index in [1.54, 1.807) is 0 Å². The van der Waals surface area contributed by atoms with E-state index in [4.69, 9.17) is 5.73 Å². The quantitative estimate of drug-likeness (QED) is 0.569. The Balaban J connectivity index is 2.48. The van der Waals surface area contributed by atoms with Crippen LogP contribution >= 0.6 is 11.3 Å². The van der Waals surface area contributed by atoms with Gasteiger partial charge in [0.2, 0.25) is 9.84 Å². The van der Waals surface area contributed by atoms with Crippen LogP contribution in [-0.4, -0.2) is 37.8 Å². The Labute approximate surface area is 164 Å². The second-order valence-corrected chi connectivity index (χ2v) is 8.68. The second-order valence-electron chi connectivity index (χ2n) is 5.48. The molecule has 0 saturated carbocycles. The Hall–Kier alpha value is -2.71. The Bertz CT molecular complexity index is 1060. The van der Waals surface area contributed by atoms with E-state index in [1.807, 2.05) is 0 Å². The van der Waals surface area contributed by atoms with Crippen LogP contribution in [0.15, 0.2) is 33.4 Å². The normalized spacial score (nSPS) is 13.0. The lowest BCUT2D eigenvalue weighted by molar-refractivity contribution is -0.274. The van der Waals surface area contributed by atoms with Crippen molar-refractivity contribution in [2.24, 2.45) is 5.73 Å². The molecule has 2 amide bonds. The zero-order valence-corrected chi connectivity index (χ0v) is 15.9. The maximum Gasteiger partial charge on any atom is 0.573 e. The number of nitrogens with two attached hydrogens (primary N) is 1. The number of carbonyl (C=O) groups excluding carboxylic acids is 2. The number of aliphatic hydroxyl groups excluding tert-OH is 1. The third-order valence-corrected chi connectivity index (χ3v) is 6.59. The lowest BCUT2D eigenvalue weighted by Gasteiger charge is -2.10. The van der Waals surface area contributed by atoms with Gasteiger partial charge in [0.1, 0.15) is 31.8 Å². The number of thiophene rings is 1. The molecule has 0 fully saturated rings. The van der Waals surface area contributed by atoms with E-state index in [9.17, 15) is 40.7 Å². The number of ether oxygens (including phenoxy) is 1. The molecule has 0 radical (unpaired) electrons. The molecule has 0 saturated heterocycles. The van der Waals surface area contributed by atoms with E-state index >= 15 is 0 Å². The third kappa shape index (κ3) is 5.21. The monoisotopic (exact) mass is 456 g/mol. The topological polar surface area (TPSA) is 136 Å². The smallest absolute Gasteiger partial charge is 0.406 e. The molecule has 0 spiro atoms. The molecule has 0 aliphatic heterocycles. The molecule has 29 heavy (non-hydrogen) atoms. The Morgan fingerprint density at radius 3 is 2.38 bits per heavy atom. The SMILES string of the molecule is C[C@H](O)C(=O)Nc1sc(S(=O)(=O)c2ccc(OC(F)(F)F)cc2F)cc1C(N)=O. The number of benzene rings is 1. The van der Waals surface area contributed by atoms with E-state index in [1.165, 1.54) is 0 Å². The average molecular weight is 456 g/mol. The fraction of sp³-hybridized carbons (Fsp3) is 0.200. The van der Waals surface area contributed by atoms with E-state index in [2.05, 4.69) is 10.1 Å². The van der Waals surface area contributed by atoms with E-state index in [0.29, 0.717) is 23.5 Å². The first kappa shape index (κ1) is 22.6. The molecular weight excluding hydrogens is 444 g/mol. The van der Waals surface area contributed by atoms with Crippen LogP contribution in [0.4, 0.5) is 22.6 Å². The predicted octanol–water partition coefficient (Wildman–Crippen LogP) is 2.04. The molecule has 0 aliphatic carbocycles. The first-order valence-corrected chi connectivity index (χ1v) is 9.75. The van der Waals surface area contributed by atoms with Crippen LogP contribution in [0, 0.1) is 5.82 Å². The van der Waals surface area contributed by atoms with Crippen molar-refractivity contribution in [2.75, 3.05) is 5.32 Å². The van der Waals surface area contributed by atoms with E-state index < -0.39 is 60.4 Å². The highest BCUT2D eigenvalue weighted by Gasteiger charge is 2.33. The van der Waals surface area contributed by atoms with Gasteiger partial charge in [0, 0.05) is 6.07 Å². The third-order valence-electron chi connectivity index (χ3n) is 3.28. The number of hydrogen-bond acceptors (Lipinski definition) is 7. The summed E-state index contributed by atoms with van der Waals surface area (Å²) in [6.07, 6.45) is -6.59. The highest BCUT2D eigenvalue weighted by atomic mass is 32.2. The van der Waals surface area contributed by atoms with Gasteiger partial charge in [0.05, 0.1) is 5.56 Å². The summed E-state index contributed by atoms with van der Waals surface area (Å²) in [7, 11) is -4.64. The van der Waals surface area contributed by atoms with Crippen LogP contribution in [0.1, 0.15) is 17.3 Å². The van der Waals surface area contributed by atoms with Crippen LogP contribution in [0.25, 0.3) is 0 Å². The van der Waals surface area contributed by atoms with E-state index in [-0.39, 0.29) is 11.1 Å². The lowest BCUT2D eigenvalue weighted by atomic mass is 10.3. The lowest BCUT2D eigenvalue weighted by Crippen LogP contribution is -2.25. The summed E-state index contributed by atoms with van der Waals surface area (Å²) < 4.78 is 79.0. The standard InChI is InChI=1S/C15H12F4N2O6S2/c1-6(22)13(24)21-14-8(12(20)23)5-11(28-14)29(25,26)10-3-2-7(4-9(10)16)27-15(17,18)19/h2-6,22H,1H3,(H2,20,23)(H,21,24)/t6-/m0/s1. The largest absolute Gasteiger partial charge is 0.573 e. The number of primary amides is 1. The van der Waals surface area contributed by atoms with Crippen LogP contribution in [-0.2, 0) is 14.6 Å². The highest BCUT2D eigenvalue weighted by molar-refractivity contribution is 7.93. The number of carbonyl (C=O) groups is 2. The van der Waals surface area contributed by atoms with Gasteiger partial charge in [-0.15, -0.1) is 24.5 Å². The number of amides is 2. The van der Waals surface area contributed by atoms with E-state index in [0.717, 1.165) is 13.0 Å². The van der Waals surface area contributed by atoms with Crippen molar-refractivity contribution in [3.63, 3.8) is 0 Å². The number of nitrogens with one attached hydrogen (secondary N) is 1. The molecule has 2 aromatic rings. The molecule has 0 aliphatic rings. The molecule has 1 atom stereocenters. The maximum absolute atomic E-state index is 14.2. The van der Waals surface area contributed by atoms with Gasteiger partial charge in [0.25, 0.3) is 11.8 Å². The minimum absolute atomic E-state index is 0.235. The van der Waals surface area contributed by atoms with Gasteiger partial charge < -0.3 is 20.9 Å². The van der Waals surface area contributed by atoms with Gasteiger partial charge in [0.15, 0.2) is 0 Å². The van der Waals surface area contributed by atoms with Crippen molar-refractivity contribution in [3.05, 3.63) is 35.6 Å². The summed E-state index contributed by atoms with van der Waals surface area (Å²) in [5.41, 5.74) is 4.72. The molecule has 158 valence electrons. The maximum atomic E-state index is 14.2. The summed E-state index contributed by atoms with van der Waals surface area (Å²) in [4.78, 5) is 22.1. The van der Waals surface area contributed by atoms with Gasteiger partial charge >= 0.3 is 6.36 Å². The Kier molecular flexibility index (Phi) is 6.20. The number of halogens is 4. The van der Waals surface area contributed by atoms with Gasteiger partial charge in [-0.1, -0.05) is 0 Å². The summed E-state index contributed by atoms with van der Waals surface area (Å²) in [6, 6.07) is 2.17. The van der Waals surface area contributed by atoms with Crippen LogP contribution in [0.3, 0.4) is 0 Å². The molecule has 0 bridgehead atoms. The molecule has 4 N–H and O–H groups in total. The van der Waals surface area contributed by atoms with Crippen molar-refractivity contribution in [3.8, 4) is 5.75 Å². The van der Waals surface area contributed by atoms with Gasteiger partial charge in [-0.2, -0.15) is 0 Å². The number of alkyl halides is 3. The summed E-state index contributed by atoms with van der Waals surface area (Å²) in [5.74, 6) is -4.57. The van der Waals surface area contributed by atoms with Crippen molar-refractivity contribution in [1.82, 2.24) is 0 Å². The van der Waals surface area contributed by atoms with Crippen LogP contribution < -0.4 is 15.8 Å². The van der Waals surface area contributed by atoms with Crippen LogP contribution in [0.5, 0.6) is 5.75 Å². The summed E-state index contributed by atoms with van der Waals surface area (Å²) in [5, 5.41) is 11.0. The second kappa shape index (κ2) is 7.96. The molecule has 1 aromatic carbocycles. The Morgan fingerprint density at radius 2 is 1.90 bits per heavy atom. The molecule has 1 heterocycles. The van der Waals surface area contributed by atoms with Gasteiger partial charge in [-0.3, -0.25) is 9.59 Å². The predicted molar refractivity (Wildman–Crippen MR) is 91.7 cm³/mol. The molecule has 2 rings (SSSR count). The fourth-order valence-corrected chi connectivity index (χ4v) is 4.81. The zero-order valence-electron chi connectivity index (χ0n) is 14.3. The Morgan fingerprint density at radius 1 is 1.28 bits per heavy atom. The van der Waals surface area contributed by atoms with Gasteiger partial charge in [-0.25, -0.2) is 12.8 Å². The number of anilines is 1. The highest BCUT2D eigenvalue weighted by Crippen LogP contribution is 2.36. The minimum Gasteiger partial charge on any atom is -0.406 e. The molecular formula is C15H12F4N2O6S2. The van der Waals surface area contributed by atoms with Crippen molar-refractivity contribution < 1.29 is 45.4 Å². The zero-order chi connectivity index (χ0) is 22.1. The van der Waals surface area contributed by atoms with Crippen molar-refractivity contribution >= 4 is 38.0 Å². The fourth-order valence-electron chi connectivity index (χ4n) is 2.00. The minimum atomic E-state index is -5.10. The molecule has 0 unspecified atom stereocenters. The molecule has 1 aromatic heterocycles. The average Bonchev–Trinajstić information content (AvgIpc) is 2.97. The first-order valence-electron chi connectivity index (χ1n) is 7.45. The summed E-state index contributed by atoms with van der Waals surface area (Å²) >= 11 is 0.348. The number of rotatable bonds is 6.